The molecule has 8 bridgehead atoms. The van der Waals surface area contributed by atoms with Gasteiger partial charge in [-0.1, -0.05) is 38.5 Å². The molecule has 8 aliphatic rings. The maximum Gasteiger partial charge on any atom is 0.183 e. The highest BCUT2D eigenvalue weighted by Gasteiger charge is 2.66. The summed E-state index contributed by atoms with van der Waals surface area (Å²) < 4.78 is 8.45. The van der Waals surface area contributed by atoms with Crippen LogP contribution in [0.4, 0.5) is 0 Å². The van der Waals surface area contributed by atoms with Crippen LogP contribution < -0.4 is 0 Å². The van der Waals surface area contributed by atoms with Crippen LogP contribution in [0.1, 0.15) is 116 Å². The fraction of sp³-hybridized carbons (Fsp3) is 1.00. The first-order valence-corrected chi connectivity index (χ1v) is 21.8. The summed E-state index contributed by atoms with van der Waals surface area (Å²) >= 11 is 0. The summed E-state index contributed by atoms with van der Waals surface area (Å²) in [5, 5.41) is 1.35. The maximum absolute atomic E-state index is 8.45. The lowest BCUT2D eigenvalue weighted by Gasteiger charge is -2.55. The zero-order valence-electron chi connectivity index (χ0n) is 23.2. The Morgan fingerprint density at radius 1 is 0.543 bits per heavy atom. The molecule has 8 rings (SSSR count). The summed E-state index contributed by atoms with van der Waals surface area (Å²) in [6, 6.07) is 3.17. The van der Waals surface area contributed by atoms with E-state index in [-0.39, 0.29) is 0 Å². The molecule has 8 atom stereocenters. The third-order valence-corrected chi connectivity index (χ3v) is 27.4. The highest BCUT2D eigenvalue weighted by atomic mass is 28.4. The van der Waals surface area contributed by atoms with Gasteiger partial charge in [0.2, 0.25) is 0 Å². The van der Waals surface area contributed by atoms with Gasteiger partial charge in [0.25, 0.3) is 0 Å². The van der Waals surface area contributed by atoms with Crippen molar-refractivity contribution in [2.45, 2.75) is 151 Å². The van der Waals surface area contributed by atoms with Crippen molar-refractivity contribution >= 4 is 16.6 Å². The molecule has 8 fully saturated rings. The Morgan fingerprint density at radius 2 is 0.971 bits per heavy atom. The van der Waals surface area contributed by atoms with Crippen molar-refractivity contribution in [3.8, 4) is 0 Å². The van der Waals surface area contributed by atoms with E-state index in [2.05, 4.69) is 13.1 Å². The van der Waals surface area contributed by atoms with E-state index in [0.29, 0.717) is 10.1 Å². The lowest BCUT2D eigenvalue weighted by Crippen LogP contribution is -2.60. The Bertz CT molecular complexity index is 773. The van der Waals surface area contributed by atoms with Crippen LogP contribution >= 0.6 is 0 Å². The second kappa shape index (κ2) is 7.96. The minimum absolute atomic E-state index is 0.676. The molecule has 35 heavy (non-hydrogen) atoms. The first-order chi connectivity index (χ1) is 16.9. The van der Waals surface area contributed by atoms with E-state index in [1.165, 1.54) is 0 Å². The van der Waals surface area contributed by atoms with Crippen LogP contribution in [-0.4, -0.2) is 16.6 Å². The molecule has 0 saturated heterocycles. The lowest BCUT2D eigenvalue weighted by atomic mass is 9.90. The molecule has 1 nitrogen and oxygen atoms in total. The Balaban J connectivity index is 1.15. The summed E-state index contributed by atoms with van der Waals surface area (Å²) in [6.45, 7) is 5.77. The van der Waals surface area contributed by atoms with Crippen LogP contribution in [-0.2, 0) is 4.12 Å². The average Bonchev–Trinajstić information content (AvgIpc) is 3.71. The van der Waals surface area contributed by atoms with Gasteiger partial charge in [-0.3, -0.25) is 0 Å². The molecular formula is C32H54OSi2. The molecule has 0 amide bonds. The van der Waals surface area contributed by atoms with Crippen LogP contribution in [0.2, 0.25) is 35.3 Å². The van der Waals surface area contributed by atoms with Crippen LogP contribution in [0, 0.1) is 47.3 Å². The van der Waals surface area contributed by atoms with Gasteiger partial charge in [0.05, 0.1) is 0 Å². The van der Waals surface area contributed by atoms with E-state index < -0.39 is 16.6 Å². The van der Waals surface area contributed by atoms with Crippen molar-refractivity contribution in [3.63, 3.8) is 0 Å². The molecule has 0 heterocycles. The molecule has 0 aromatic carbocycles. The van der Waals surface area contributed by atoms with E-state index in [9.17, 15) is 0 Å². The van der Waals surface area contributed by atoms with Gasteiger partial charge in [0.1, 0.15) is 0 Å². The van der Waals surface area contributed by atoms with Gasteiger partial charge in [-0.25, -0.2) is 0 Å². The predicted octanol–water partition coefficient (Wildman–Crippen LogP) is 9.69. The van der Waals surface area contributed by atoms with Gasteiger partial charge in [-0.2, -0.15) is 0 Å². The molecule has 0 spiro atoms. The zero-order chi connectivity index (χ0) is 23.5. The Hall–Kier alpha value is 0.394. The molecule has 196 valence electrons. The van der Waals surface area contributed by atoms with E-state index in [1.807, 2.05) is 0 Å². The molecule has 0 radical (unpaired) electrons. The molecule has 8 aliphatic carbocycles. The Morgan fingerprint density at radius 3 is 1.26 bits per heavy atom. The van der Waals surface area contributed by atoms with Crippen molar-refractivity contribution < 1.29 is 4.12 Å². The van der Waals surface area contributed by atoms with Crippen molar-refractivity contribution in [2.24, 2.45) is 47.3 Å². The van der Waals surface area contributed by atoms with Crippen molar-refractivity contribution in [2.75, 3.05) is 0 Å². The second-order valence-electron chi connectivity index (χ2n) is 16.7. The van der Waals surface area contributed by atoms with E-state index in [4.69, 9.17) is 4.12 Å². The first-order valence-electron chi connectivity index (χ1n) is 16.6. The number of hydrogen-bond acceptors (Lipinski definition) is 1. The highest BCUT2D eigenvalue weighted by Crippen LogP contribution is 2.71. The summed E-state index contributed by atoms with van der Waals surface area (Å²) in [6.07, 6.45) is 28.3. The fourth-order valence-corrected chi connectivity index (χ4v) is 27.7. The molecule has 0 aliphatic heterocycles. The van der Waals surface area contributed by atoms with Gasteiger partial charge in [0.15, 0.2) is 16.6 Å². The third kappa shape index (κ3) is 3.44. The lowest BCUT2D eigenvalue weighted by molar-refractivity contribution is 0.304. The van der Waals surface area contributed by atoms with Crippen molar-refractivity contribution in [1.29, 1.82) is 0 Å². The third-order valence-electron chi connectivity index (χ3n) is 15.3. The number of fused-ring (bicyclic) bond motifs is 8. The van der Waals surface area contributed by atoms with Crippen LogP contribution in [0.3, 0.4) is 0 Å². The highest BCUT2D eigenvalue weighted by molar-refractivity contribution is 6.89. The van der Waals surface area contributed by atoms with E-state index >= 15 is 0 Å². The molecule has 0 aromatic rings. The maximum atomic E-state index is 8.45. The molecular weight excluding hydrogens is 457 g/mol. The second-order valence-corrected chi connectivity index (χ2v) is 25.4. The van der Waals surface area contributed by atoms with E-state index in [1.54, 1.807) is 128 Å². The largest absolute Gasteiger partial charge is 0.454 e. The van der Waals surface area contributed by atoms with Gasteiger partial charge < -0.3 is 4.12 Å². The zero-order valence-corrected chi connectivity index (χ0v) is 25.2. The first kappa shape index (κ1) is 23.3. The molecule has 3 heteroatoms. The molecule has 0 aromatic heterocycles. The predicted molar refractivity (Wildman–Crippen MR) is 150 cm³/mol. The number of hydrogen-bond donors (Lipinski definition) is 0. The summed E-state index contributed by atoms with van der Waals surface area (Å²) in [5.41, 5.74) is 0. The monoisotopic (exact) mass is 510 g/mol. The standard InChI is InChI=1S/C32H54OSi2/c1-34(31-11-7-23(19-31)8-12-31,21-29-17-25-3-5-27(29)15-25)33-35(2,32-13-9-24(20-32)10-14-32)22-30-18-26-4-6-28(30)16-26/h23-30H,3-22H2,1-2H3. The topological polar surface area (TPSA) is 9.23 Å². The summed E-state index contributed by atoms with van der Waals surface area (Å²) in [4.78, 5) is 0. The quantitative estimate of drug-likeness (QED) is 0.295. The SMILES string of the molecule is C[Si](CC1CC2CCC1C2)(O[Si](C)(CC1CC2CCC1C2)C12CCC(CC1)C2)C12CCC(CC1)C2. The minimum Gasteiger partial charge on any atom is -0.454 e. The molecule has 8 unspecified atom stereocenters. The van der Waals surface area contributed by atoms with Crippen molar-refractivity contribution in [3.05, 3.63) is 0 Å². The fourth-order valence-electron chi connectivity index (χ4n) is 13.4. The normalized spacial score (nSPS) is 54.7. The smallest absolute Gasteiger partial charge is 0.183 e. The average molecular weight is 511 g/mol. The van der Waals surface area contributed by atoms with Crippen LogP contribution in [0.5, 0.6) is 0 Å². The Labute approximate surface area is 218 Å². The van der Waals surface area contributed by atoms with Crippen LogP contribution in [0.25, 0.3) is 0 Å². The van der Waals surface area contributed by atoms with Gasteiger partial charge in [-0.15, -0.1) is 0 Å². The van der Waals surface area contributed by atoms with Gasteiger partial charge in [0, 0.05) is 0 Å². The van der Waals surface area contributed by atoms with Crippen LogP contribution in [0.15, 0.2) is 0 Å². The van der Waals surface area contributed by atoms with Gasteiger partial charge >= 0.3 is 0 Å². The van der Waals surface area contributed by atoms with E-state index in [0.717, 1.165) is 47.3 Å². The number of rotatable bonds is 8. The summed E-state index contributed by atoms with van der Waals surface area (Å²) in [5.74, 6) is 8.63. The molecule has 8 saturated carbocycles. The molecule has 0 N–H and O–H groups in total. The minimum atomic E-state index is -1.81. The summed E-state index contributed by atoms with van der Waals surface area (Å²) in [7, 11) is -3.61. The Kier molecular flexibility index (Phi) is 5.30. The van der Waals surface area contributed by atoms with Crippen molar-refractivity contribution in [1.82, 2.24) is 0 Å². The van der Waals surface area contributed by atoms with Gasteiger partial charge in [-0.05, 0) is 160 Å².